The molecule has 0 saturated carbocycles. The highest BCUT2D eigenvalue weighted by Gasteiger charge is 2.47. The Labute approximate surface area is 167 Å². The van der Waals surface area contributed by atoms with Gasteiger partial charge in [0.05, 0.1) is 37.8 Å². The lowest BCUT2D eigenvalue weighted by molar-refractivity contribution is -0.140. The number of nitrogens with zero attached hydrogens (tertiary/aromatic N) is 2. The molecule has 6 nitrogen and oxygen atoms in total. The number of fused-ring (bicyclic) bond motifs is 1. The molecule has 1 aromatic carbocycles. The van der Waals surface area contributed by atoms with Crippen LogP contribution in [0.15, 0.2) is 35.7 Å². The first kappa shape index (κ1) is 18.7. The molecule has 2 aromatic rings. The van der Waals surface area contributed by atoms with E-state index in [0.29, 0.717) is 30.9 Å². The van der Waals surface area contributed by atoms with E-state index in [1.807, 2.05) is 42.7 Å². The van der Waals surface area contributed by atoms with Crippen LogP contribution in [0.4, 0.5) is 0 Å². The zero-order valence-corrected chi connectivity index (χ0v) is 16.7. The number of benzene rings is 1. The van der Waals surface area contributed by atoms with Gasteiger partial charge in [0.2, 0.25) is 11.8 Å². The third kappa shape index (κ3) is 3.30. The van der Waals surface area contributed by atoms with Crippen LogP contribution in [0.2, 0.25) is 0 Å². The predicted octanol–water partition coefficient (Wildman–Crippen LogP) is 3.67. The SMILES string of the molecule is CCOc1ccc(-c2nc(CN3C(=O)C4CC=CCC4C3=O)cs2)cc1OC. The van der Waals surface area contributed by atoms with Crippen LogP contribution in [0.1, 0.15) is 25.5 Å². The standard InChI is InChI=1S/C21H22N2O4S/c1-3-27-17-9-8-13(10-18(17)26-2)19-22-14(12-28-19)11-23-20(24)15-6-4-5-7-16(15)21(23)25/h4-5,8-10,12,15-16H,3,6-7,11H2,1-2H3. The lowest BCUT2D eigenvalue weighted by atomic mass is 9.85. The zero-order chi connectivity index (χ0) is 19.7. The van der Waals surface area contributed by atoms with Crippen molar-refractivity contribution in [3.63, 3.8) is 0 Å². The van der Waals surface area contributed by atoms with E-state index in [9.17, 15) is 9.59 Å². The molecule has 1 aliphatic carbocycles. The molecule has 0 radical (unpaired) electrons. The fourth-order valence-corrected chi connectivity index (χ4v) is 4.58. The Morgan fingerprint density at radius 2 is 1.86 bits per heavy atom. The Kier molecular flexibility index (Phi) is 5.17. The van der Waals surface area contributed by atoms with Gasteiger partial charge in [-0.05, 0) is 38.0 Å². The summed E-state index contributed by atoms with van der Waals surface area (Å²) in [4.78, 5) is 31.3. The number of carbonyl (C=O) groups excluding carboxylic acids is 2. The Balaban J connectivity index is 1.52. The largest absolute Gasteiger partial charge is 0.493 e. The normalized spacial score (nSPS) is 21.1. The number of carbonyl (C=O) groups is 2. The van der Waals surface area contributed by atoms with E-state index >= 15 is 0 Å². The molecule has 0 bridgehead atoms. The van der Waals surface area contributed by atoms with Crippen molar-refractivity contribution in [3.05, 3.63) is 41.4 Å². The molecule has 2 unspecified atom stereocenters. The summed E-state index contributed by atoms with van der Waals surface area (Å²) < 4.78 is 11.0. The van der Waals surface area contributed by atoms with Gasteiger partial charge in [0.1, 0.15) is 5.01 Å². The fraction of sp³-hybridized carbons (Fsp3) is 0.381. The molecular weight excluding hydrogens is 376 g/mol. The van der Waals surface area contributed by atoms with Crippen molar-refractivity contribution in [2.24, 2.45) is 11.8 Å². The van der Waals surface area contributed by atoms with Gasteiger partial charge in [-0.15, -0.1) is 11.3 Å². The molecule has 4 rings (SSSR count). The molecule has 146 valence electrons. The highest BCUT2D eigenvalue weighted by Crippen LogP contribution is 2.37. The van der Waals surface area contributed by atoms with Gasteiger partial charge < -0.3 is 9.47 Å². The molecule has 1 aromatic heterocycles. The van der Waals surface area contributed by atoms with E-state index < -0.39 is 0 Å². The molecule has 2 amide bonds. The Morgan fingerprint density at radius 3 is 2.50 bits per heavy atom. The average Bonchev–Trinajstić information content (AvgIpc) is 3.28. The topological polar surface area (TPSA) is 68.7 Å². The summed E-state index contributed by atoms with van der Waals surface area (Å²) in [5.74, 6) is 0.790. The van der Waals surface area contributed by atoms with Crippen molar-refractivity contribution in [2.45, 2.75) is 26.3 Å². The lowest BCUT2D eigenvalue weighted by Gasteiger charge is -2.14. The molecule has 1 fully saturated rings. The van der Waals surface area contributed by atoms with Crippen LogP contribution >= 0.6 is 11.3 Å². The monoisotopic (exact) mass is 398 g/mol. The maximum Gasteiger partial charge on any atom is 0.233 e. The number of likely N-dealkylation sites (tertiary alicyclic amines) is 1. The minimum Gasteiger partial charge on any atom is -0.493 e. The molecule has 2 heterocycles. The van der Waals surface area contributed by atoms with Gasteiger partial charge in [0, 0.05) is 10.9 Å². The average molecular weight is 398 g/mol. The molecule has 1 aliphatic heterocycles. The maximum absolute atomic E-state index is 12.6. The second-order valence-corrected chi connectivity index (χ2v) is 7.72. The summed E-state index contributed by atoms with van der Waals surface area (Å²) in [5, 5.41) is 2.72. The summed E-state index contributed by atoms with van der Waals surface area (Å²) in [6, 6.07) is 5.69. The van der Waals surface area contributed by atoms with E-state index in [1.54, 1.807) is 7.11 Å². The van der Waals surface area contributed by atoms with Crippen LogP contribution in [-0.4, -0.2) is 35.4 Å². The smallest absolute Gasteiger partial charge is 0.233 e. The molecule has 0 spiro atoms. The lowest BCUT2D eigenvalue weighted by Crippen LogP contribution is -2.30. The van der Waals surface area contributed by atoms with E-state index in [4.69, 9.17) is 9.47 Å². The first-order valence-electron chi connectivity index (χ1n) is 9.38. The summed E-state index contributed by atoms with van der Waals surface area (Å²) in [7, 11) is 1.60. The number of hydrogen-bond donors (Lipinski definition) is 0. The van der Waals surface area contributed by atoms with Gasteiger partial charge in [-0.3, -0.25) is 14.5 Å². The van der Waals surface area contributed by atoms with Crippen LogP contribution in [-0.2, 0) is 16.1 Å². The van der Waals surface area contributed by atoms with Crippen molar-refractivity contribution < 1.29 is 19.1 Å². The summed E-state index contributed by atoms with van der Waals surface area (Å²) in [6.45, 7) is 2.72. The van der Waals surface area contributed by atoms with Crippen LogP contribution in [0.5, 0.6) is 11.5 Å². The molecule has 1 saturated heterocycles. The number of allylic oxidation sites excluding steroid dienone is 2. The number of methoxy groups -OCH3 is 1. The number of imide groups is 1. The number of ether oxygens (including phenoxy) is 2. The summed E-state index contributed by atoms with van der Waals surface area (Å²) >= 11 is 1.48. The maximum atomic E-state index is 12.6. The van der Waals surface area contributed by atoms with Crippen molar-refractivity contribution in [3.8, 4) is 22.1 Å². The third-order valence-corrected chi connectivity index (χ3v) is 6.12. The van der Waals surface area contributed by atoms with Crippen LogP contribution in [0.25, 0.3) is 10.6 Å². The molecule has 0 N–H and O–H groups in total. The van der Waals surface area contributed by atoms with Crippen molar-refractivity contribution >= 4 is 23.2 Å². The quantitative estimate of drug-likeness (QED) is 0.549. The van der Waals surface area contributed by atoms with Gasteiger partial charge in [-0.25, -0.2) is 4.98 Å². The second kappa shape index (κ2) is 7.75. The Hall–Kier alpha value is -2.67. The minimum atomic E-state index is -0.203. The van der Waals surface area contributed by atoms with E-state index in [0.717, 1.165) is 16.3 Å². The van der Waals surface area contributed by atoms with Crippen molar-refractivity contribution in [1.29, 1.82) is 0 Å². The third-order valence-electron chi connectivity index (χ3n) is 5.18. The summed E-state index contributed by atoms with van der Waals surface area (Å²) in [5.41, 5.74) is 1.63. The molecule has 2 aliphatic rings. The molecule has 28 heavy (non-hydrogen) atoms. The highest BCUT2D eigenvalue weighted by atomic mass is 32.1. The Morgan fingerprint density at radius 1 is 1.14 bits per heavy atom. The van der Waals surface area contributed by atoms with Gasteiger partial charge in [0.25, 0.3) is 0 Å². The number of hydrogen-bond acceptors (Lipinski definition) is 6. The van der Waals surface area contributed by atoms with E-state index in [1.165, 1.54) is 16.2 Å². The number of amides is 2. The van der Waals surface area contributed by atoms with Crippen molar-refractivity contribution in [2.75, 3.05) is 13.7 Å². The number of thiazole rings is 1. The fourth-order valence-electron chi connectivity index (χ4n) is 3.77. The van der Waals surface area contributed by atoms with Gasteiger partial charge >= 0.3 is 0 Å². The first-order chi connectivity index (χ1) is 13.6. The van der Waals surface area contributed by atoms with E-state index in [2.05, 4.69) is 4.98 Å². The van der Waals surface area contributed by atoms with Crippen LogP contribution < -0.4 is 9.47 Å². The number of rotatable bonds is 6. The minimum absolute atomic E-state index is 0.0726. The van der Waals surface area contributed by atoms with Crippen LogP contribution in [0, 0.1) is 11.8 Å². The summed E-state index contributed by atoms with van der Waals surface area (Å²) in [6.07, 6.45) is 5.30. The second-order valence-electron chi connectivity index (χ2n) is 6.86. The number of aromatic nitrogens is 1. The molecular formula is C21H22N2O4S. The van der Waals surface area contributed by atoms with Crippen LogP contribution in [0.3, 0.4) is 0 Å². The first-order valence-corrected chi connectivity index (χ1v) is 10.3. The van der Waals surface area contributed by atoms with Gasteiger partial charge in [-0.2, -0.15) is 0 Å². The van der Waals surface area contributed by atoms with E-state index in [-0.39, 0.29) is 30.2 Å². The molecule has 7 heteroatoms. The van der Waals surface area contributed by atoms with Gasteiger partial charge in [-0.1, -0.05) is 12.2 Å². The highest BCUT2D eigenvalue weighted by molar-refractivity contribution is 7.13. The predicted molar refractivity (Wildman–Crippen MR) is 106 cm³/mol. The molecule has 2 atom stereocenters. The van der Waals surface area contributed by atoms with Crippen molar-refractivity contribution in [1.82, 2.24) is 9.88 Å². The zero-order valence-electron chi connectivity index (χ0n) is 15.9. The van der Waals surface area contributed by atoms with Gasteiger partial charge in [0.15, 0.2) is 11.5 Å². The Bertz CT molecular complexity index is 910.